The van der Waals surface area contributed by atoms with Crippen molar-refractivity contribution in [1.82, 2.24) is 4.98 Å². The van der Waals surface area contributed by atoms with E-state index in [4.69, 9.17) is 9.84 Å². The first-order valence-corrected chi connectivity index (χ1v) is 4.83. The summed E-state index contributed by atoms with van der Waals surface area (Å²) in [4.78, 5) is 14.4. The van der Waals surface area contributed by atoms with Gasteiger partial charge in [-0.2, -0.15) is 0 Å². The van der Waals surface area contributed by atoms with Crippen LogP contribution in [0.3, 0.4) is 0 Å². The van der Waals surface area contributed by atoms with Gasteiger partial charge in [0.05, 0.1) is 0 Å². The molecule has 0 aliphatic rings. The lowest BCUT2D eigenvalue weighted by atomic mass is 10.4. The number of hydrogen-bond donors (Lipinski definition) is 1. The van der Waals surface area contributed by atoms with E-state index in [0.717, 1.165) is 0 Å². The fourth-order valence-corrected chi connectivity index (χ4v) is 1.69. The first kappa shape index (κ1) is 10.1. The largest absolute Gasteiger partial charge is 0.476 e. The summed E-state index contributed by atoms with van der Waals surface area (Å²) >= 11 is 1.31. The Morgan fingerprint density at radius 3 is 3.00 bits per heavy atom. The lowest BCUT2D eigenvalue weighted by Crippen LogP contribution is -2.01. The molecule has 13 heavy (non-hydrogen) atoms. The predicted octanol–water partition coefficient (Wildman–Crippen LogP) is 1.94. The summed E-state index contributed by atoms with van der Waals surface area (Å²) in [5.41, 5.74) is 0.0894. The lowest BCUT2D eigenvalue weighted by molar-refractivity contribution is 0.0683. The highest BCUT2D eigenvalue weighted by Crippen LogP contribution is 2.20. The number of aromatic nitrogens is 1. The maximum atomic E-state index is 10.5. The van der Waals surface area contributed by atoms with Gasteiger partial charge in [-0.1, -0.05) is 0 Å². The quantitative estimate of drug-likeness (QED) is 0.808. The van der Waals surface area contributed by atoms with Crippen LogP contribution in [0, 0.1) is 0 Å². The van der Waals surface area contributed by atoms with E-state index in [1.165, 1.54) is 16.7 Å². The average molecular weight is 201 g/mol. The molecule has 0 radical (unpaired) electrons. The molecule has 1 atom stereocenters. The molecule has 1 N–H and O–H groups in total. The van der Waals surface area contributed by atoms with Crippen molar-refractivity contribution in [3.05, 3.63) is 16.1 Å². The summed E-state index contributed by atoms with van der Waals surface area (Å²) in [6.07, 6.45) is -0.122. The molecule has 0 unspecified atom stereocenters. The molecule has 0 amide bonds. The molecule has 0 saturated carbocycles. The van der Waals surface area contributed by atoms with E-state index >= 15 is 0 Å². The molecule has 0 aliphatic heterocycles. The van der Waals surface area contributed by atoms with Crippen molar-refractivity contribution >= 4 is 17.3 Å². The Labute approximate surface area is 80.2 Å². The van der Waals surface area contributed by atoms with E-state index < -0.39 is 5.97 Å². The second kappa shape index (κ2) is 4.34. The van der Waals surface area contributed by atoms with Crippen molar-refractivity contribution in [2.75, 3.05) is 6.61 Å². The number of thiazole rings is 1. The topological polar surface area (TPSA) is 59.4 Å². The van der Waals surface area contributed by atoms with Crippen molar-refractivity contribution in [1.29, 1.82) is 0 Å². The zero-order chi connectivity index (χ0) is 9.84. The maximum absolute atomic E-state index is 10.5. The van der Waals surface area contributed by atoms with Gasteiger partial charge in [0, 0.05) is 12.0 Å². The lowest BCUT2D eigenvalue weighted by Gasteiger charge is -2.06. The van der Waals surface area contributed by atoms with Gasteiger partial charge >= 0.3 is 5.97 Å². The Morgan fingerprint density at radius 2 is 2.54 bits per heavy atom. The Bertz CT molecular complexity index is 297. The van der Waals surface area contributed by atoms with Gasteiger partial charge in [0.1, 0.15) is 11.1 Å². The number of hydrogen-bond acceptors (Lipinski definition) is 4. The number of nitrogens with zero attached hydrogens (tertiary/aromatic N) is 1. The second-order valence-corrected chi connectivity index (χ2v) is 3.36. The van der Waals surface area contributed by atoms with Gasteiger partial charge in [0.25, 0.3) is 0 Å². The zero-order valence-corrected chi connectivity index (χ0v) is 8.30. The van der Waals surface area contributed by atoms with Crippen LogP contribution in [0.1, 0.15) is 35.4 Å². The molecule has 1 heterocycles. The van der Waals surface area contributed by atoms with Gasteiger partial charge in [0.15, 0.2) is 5.69 Å². The Balaban J connectivity index is 2.73. The van der Waals surface area contributed by atoms with Crippen LogP contribution < -0.4 is 0 Å². The van der Waals surface area contributed by atoms with E-state index in [9.17, 15) is 4.79 Å². The molecule has 0 aliphatic carbocycles. The minimum Gasteiger partial charge on any atom is -0.476 e. The van der Waals surface area contributed by atoms with Crippen LogP contribution in [-0.2, 0) is 4.74 Å². The van der Waals surface area contributed by atoms with Crippen LogP contribution in [0.4, 0.5) is 0 Å². The monoisotopic (exact) mass is 201 g/mol. The minimum absolute atomic E-state index is 0.0894. The van der Waals surface area contributed by atoms with E-state index in [2.05, 4.69) is 4.98 Å². The van der Waals surface area contributed by atoms with E-state index in [0.29, 0.717) is 11.6 Å². The molecule has 1 rings (SSSR count). The summed E-state index contributed by atoms with van der Waals surface area (Å²) in [6, 6.07) is 0. The fraction of sp³-hybridized carbons (Fsp3) is 0.500. The molecule has 0 bridgehead atoms. The van der Waals surface area contributed by atoms with E-state index in [1.54, 1.807) is 0 Å². The normalized spacial score (nSPS) is 12.8. The Kier molecular flexibility index (Phi) is 3.39. The molecule has 5 heteroatoms. The van der Waals surface area contributed by atoms with Gasteiger partial charge < -0.3 is 9.84 Å². The van der Waals surface area contributed by atoms with Crippen LogP contribution in [0.25, 0.3) is 0 Å². The minimum atomic E-state index is -0.994. The van der Waals surface area contributed by atoms with Crippen LogP contribution >= 0.6 is 11.3 Å². The number of carboxylic acids is 1. The number of rotatable bonds is 4. The number of ether oxygens (including phenoxy) is 1. The molecule has 0 aromatic carbocycles. The first-order chi connectivity index (χ1) is 6.15. The van der Waals surface area contributed by atoms with Gasteiger partial charge in [-0.15, -0.1) is 11.3 Å². The molecule has 0 spiro atoms. The van der Waals surface area contributed by atoms with Gasteiger partial charge in [-0.3, -0.25) is 0 Å². The molecular formula is C8H11NO3S. The summed E-state index contributed by atoms with van der Waals surface area (Å²) in [5, 5.41) is 10.8. The zero-order valence-electron chi connectivity index (χ0n) is 7.48. The second-order valence-electron chi connectivity index (χ2n) is 2.47. The van der Waals surface area contributed by atoms with Crippen LogP contribution in [0.15, 0.2) is 5.38 Å². The summed E-state index contributed by atoms with van der Waals surface area (Å²) in [6.45, 7) is 4.35. The maximum Gasteiger partial charge on any atom is 0.355 e. The smallest absolute Gasteiger partial charge is 0.355 e. The third-order valence-corrected chi connectivity index (χ3v) is 2.51. The number of carbonyl (C=O) groups is 1. The summed E-state index contributed by atoms with van der Waals surface area (Å²) < 4.78 is 5.28. The first-order valence-electron chi connectivity index (χ1n) is 3.95. The molecule has 0 saturated heterocycles. The summed E-state index contributed by atoms with van der Waals surface area (Å²) in [5.74, 6) is -0.994. The number of aromatic carboxylic acids is 1. The van der Waals surface area contributed by atoms with Crippen molar-refractivity contribution in [2.24, 2.45) is 0 Å². The van der Waals surface area contributed by atoms with Crippen LogP contribution in [-0.4, -0.2) is 22.7 Å². The number of carboxylic acid groups (broad SMARTS) is 1. The molecule has 1 aromatic heterocycles. The Hall–Kier alpha value is -0.940. The van der Waals surface area contributed by atoms with Gasteiger partial charge in [0.2, 0.25) is 0 Å². The molecular weight excluding hydrogens is 190 g/mol. The third-order valence-electron chi connectivity index (χ3n) is 1.51. The van der Waals surface area contributed by atoms with Crippen molar-refractivity contribution in [2.45, 2.75) is 20.0 Å². The predicted molar refractivity (Wildman–Crippen MR) is 49.1 cm³/mol. The van der Waals surface area contributed by atoms with Crippen molar-refractivity contribution < 1.29 is 14.6 Å². The molecule has 72 valence electrons. The highest BCUT2D eigenvalue weighted by Gasteiger charge is 2.13. The highest BCUT2D eigenvalue weighted by molar-refractivity contribution is 7.09. The average Bonchev–Trinajstić information content (AvgIpc) is 2.52. The van der Waals surface area contributed by atoms with Crippen molar-refractivity contribution in [3.8, 4) is 0 Å². The highest BCUT2D eigenvalue weighted by atomic mass is 32.1. The van der Waals surface area contributed by atoms with Gasteiger partial charge in [-0.05, 0) is 13.8 Å². The van der Waals surface area contributed by atoms with E-state index in [-0.39, 0.29) is 11.8 Å². The van der Waals surface area contributed by atoms with E-state index in [1.807, 2.05) is 13.8 Å². The molecule has 0 fully saturated rings. The SMILES string of the molecule is CCO[C@@H](C)c1nc(C(=O)O)cs1. The van der Waals surface area contributed by atoms with Gasteiger partial charge in [-0.25, -0.2) is 9.78 Å². The standard InChI is InChI=1S/C8H11NO3S/c1-3-12-5(2)7-9-6(4-13-7)8(10)11/h4-5H,3H2,1-2H3,(H,10,11)/t5-/m0/s1. The third kappa shape index (κ3) is 2.50. The molecule has 4 nitrogen and oxygen atoms in total. The van der Waals surface area contributed by atoms with Crippen LogP contribution in [0.2, 0.25) is 0 Å². The molecule has 1 aromatic rings. The fourth-order valence-electron chi connectivity index (χ4n) is 0.894. The van der Waals surface area contributed by atoms with Crippen LogP contribution in [0.5, 0.6) is 0 Å². The Morgan fingerprint density at radius 1 is 1.85 bits per heavy atom. The van der Waals surface area contributed by atoms with Crippen molar-refractivity contribution in [3.63, 3.8) is 0 Å². The summed E-state index contributed by atoms with van der Waals surface area (Å²) in [7, 11) is 0.